The van der Waals surface area contributed by atoms with E-state index in [1.54, 1.807) is 46.4 Å². The Hall–Kier alpha value is -3.42. The molecule has 0 aliphatic heterocycles. The number of carbonyl (C=O) groups is 1. The second-order valence-corrected chi connectivity index (χ2v) is 6.19. The zero-order chi connectivity index (χ0) is 19.7. The van der Waals surface area contributed by atoms with Gasteiger partial charge in [-0.25, -0.2) is 4.79 Å². The number of hydrogen-bond acceptors (Lipinski definition) is 4. The summed E-state index contributed by atoms with van der Waals surface area (Å²) in [6, 6.07) is 9.61. The number of benzene rings is 2. The molecule has 2 aromatic carbocycles. The van der Waals surface area contributed by atoms with Crippen LogP contribution in [0.15, 0.2) is 41.2 Å². The van der Waals surface area contributed by atoms with Gasteiger partial charge in [-0.15, -0.1) is 0 Å². The van der Waals surface area contributed by atoms with Crippen LogP contribution in [-0.2, 0) is 13.1 Å². The van der Waals surface area contributed by atoms with E-state index in [1.165, 1.54) is 6.07 Å². The van der Waals surface area contributed by atoms with Crippen molar-refractivity contribution in [2.75, 3.05) is 5.32 Å². The van der Waals surface area contributed by atoms with Crippen LogP contribution in [0.4, 0.5) is 11.4 Å². The van der Waals surface area contributed by atoms with Gasteiger partial charge >= 0.3 is 5.69 Å². The molecule has 1 aromatic heterocycles. The molecule has 8 nitrogen and oxygen atoms in total. The molecule has 3 rings (SSSR count). The molecule has 0 unspecified atom stereocenters. The number of hydrogen-bond donors (Lipinski definition) is 1. The molecule has 1 heterocycles. The minimum Gasteiger partial charge on any atom is -0.322 e. The van der Waals surface area contributed by atoms with Crippen LogP contribution in [0.25, 0.3) is 11.0 Å². The van der Waals surface area contributed by atoms with Crippen molar-refractivity contribution in [1.82, 2.24) is 9.13 Å². The standard InChI is InChI=1S/C19H20N4O4/c1-4-21-15-9-8-14(11-17(15)22(5-2)19(21)25)20-18(24)13-7-6-12(3)16(10-13)23(26)27/h6-11H,4-5H2,1-3H3,(H,20,24). The molecule has 0 saturated heterocycles. The quantitative estimate of drug-likeness (QED) is 0.551. The highest BCUT2D eigenvalue weighted by Crippen LogP contribution is 2.22. The molecule has 8 heteroatoms. The minimum absolute atomic E-state index is 0.0902. The zero-order valence-corrected chi connectivity index (χ0v) is 15.4. The number of nitrogens with one attached hydrogen (secondary N) is 1. The topological polar surface area (TPSA) is 99.2 Å². The van der Waals surface area contributed by atoms with Crippen LogP contribution in [0.2, 0.25) is 0 Å². The van der Waals surface area contributed by atoms with E-state index < -0.39 is 10.8 Å². The van der Waals surface area contributed by atoms with Crippen LogP contribution in [-0.4, -0.2) is 20.0 Å². The third kappa shape index (κ3) is 3.21. The third-order valence-corrected chi connectivity index (χ3v) is 4.58. The number of nitro groups is 1. The number of rotatable bonds is 5. The Morgan fingerprint density at radius 1 is 1.07 bits per heavy atom. The van der Waals surface area contributed by atoms with Crippen molar-refractivity contribution in [1.29, 1.82) is 0 Å². The number of nitrogens with zero attached hydrogens (tertiary/aromatic N) is 3. The highest BCUT2D eigenvalue weighted by molar-refractivity contribution is 6.05. The summed E-state index contributed by atoms with van der Waals surface area (Å²) in [6.07, 6.45) is 0. The van der Waals surface area contributed by atoms with Crippen LogP contribution < -0.4 is 11.0 Å². The Morgan fingerprint density at radius 3 is 2.37 bits per heavy atom. The van der Waals surface area contributed by atoms with E-state index in [9.17, 15) is 19.7 Å². The van der Waals surface area contributed by atoms with Gasteiger partial charge in [0, 0.05) is 36.0 Å². The number of aromatic nitrogens is 2. The Morgan fingerprint density at radius 2 is 1.74 bits per heavy atom. The van der Waals surface area contributed by atoms with E-state index in [0.717, 1.165) is 11.0 Å². The van der Waals surface area contributed by atoms with Gasteiger partial charge in [0.2, 0.25) is 0 Å². The molecule has 3 aromatic rings. The van der Waals surface area contributed by atoms with Crippen molar-refractivity contribution in [2.45, 2.75) is 33.9 Å². The molecule has 0 atom stereocenters. The highest BCUT2D eigenvalue weighted by atomic mass is 16.6. The molecule has 27 heavy (non-hydrogen) atoms. The second-order valence-electron chi connectivity index (χ2n) is 6.19. The van der Waals surface area contributed by atoms with Gasteiger partial charge in [0.05, 0.1) is 16.0 Å². The summed E-state index contributed by atoms with van der Waals surface area (Å²) in [5.74, 6) is -0.447. The van der Waals surface area contributed by atoms with Crippen molar-refractivity contribution in [2.24, 2.45) is 0 Å². The summed E-state index contributed by atoms with van der Waals surface area (Å²) < 4.78 is 3.32. The van der Waals surface area contributed by atoms with E-state index in [0.29, 0.717) is 24.3 Å². The van der Waals surface area contributed by atoms with Gasteiger partial charge in [-0.3, -0.25) is 24.0 Å². The number of fused-ring (bicyclic) bond motifs is 1. The maximum atomic E-state index is 12.5. The Kier molecular flexibility index (Phi) is 4.81. The van der Waals surface area contributed by atoms with Crippen molar-refractivity contribution < 1.29 is 9.72 Å². The number of imidazole rings is 1. The average Bonchev–Trinajstić information content (AvgIpc) is 2.91. The number of nitro benzene ring substituents is 1. The molecule has 1 N–H and O–H groups in total. The maximum absolute atomic E-state index is 12.5. The molecular formula is C19H20N4O4. The van der Waals surface area contributed by atoms with Gasteiger partial charge in [-0.1, -0.05) is 6.07 Å². The second kappa shape index (κ2) is 7.06. The molecule has 1 amide bonds. The van der Waals surface area contributed by atoms with Crippen LogP contribution in [0, 0.1) is 17.0 Å². The normalized spacial score (nSPS) is 10.9. The van der Waals surface area contributed by atoms with Crippen molar-refractivity contribution in [3.63, 3.8) is 0 Å². The van der Waals surface area contributed by atoms with Gasteiger partial charge in [0.15, 0.2) is 0 Å². The van der Waals surface area contributed by atoms with Crippen molar-refractivity contribution in [3.8, 4) is 0 Å². The molecule has 0 spiro atoms. The van der Waals surface area contributed by atoms with Gasteiger partial charge in [-0.2, -0.15) is 0 Å². The van der Waals surface area contributed by atoms with E-state index in [1.807, 2.05) is 13.8 Å². The lowest BCUT2D eigenvalue weighted by Gasteiger charge is -2.07. The first-order valence-corrected chi connectivity index (χ1v) is 8.66. The third-order valence-electron chi connectivity index (χ3n) is 4.58. The zero-order valence-electron chi connectivity index (χ0n) is 15.4. The molecule has 0 fully saturated rings. The average molecular weight is 368 g/mol. The smallest absolute Gasteiger partial charge is 0.322 e. The van der Waals surface area contributed by atoms with Crippen LogP contribution in [0.3, 0.4) is 0 Å². The molecule has 140 valence electrons. The summed E-state index contributed by atoms with van der Waals surface area (Å²) in [7, 11) is 0. The minimum atomic E-state index is -0.508. The molecule has 0 aliphatic rings. The first-order chi connectivity index (χ1) is 12.9. The van der Waals surface area contributed by atoms with Crippen LogP contribution in [0.1, 0.15) is 29.8 Å². The van der Waals surface area contributed by atoms with E-state index in [2.05, 4.69) is 5.32 Å². The van der Waals surface area contributed by atoms with Crippen molar-refractivity contribution >= 4 is 28.3 Å². The molecule has 0 radical (unpaired) electrons. The van der Waals surface area contributed by atoms with Gasteiger partial charge in [0.1, 0.15) is 0 Å². The van der Waals surface area contributed by atoms with Crippen LogP contribution >= 0.6 is 0 Å². The predicted molar refractivity (Wildman–Crippen MR) is 103 cm³/mol. The number of carbonyl (C=O) groups excluding carboxylic acids is 1. The molecule has 0 aliphatic carbocycles. The Balaban J connectivity index is 1.97. The highest BCUT2D eigenvalue weighted by Gasteiger charge is 2.16. The lowest BCUT2D eigenvalue weighted by atomic mass is 10.1. The Bertz CT molecular complexity index is 1110. The van der Waals surface area contributed by atoms with Gasteiger partial charge in [-0.05, 0) is 45.0 Å². The molecular weight excluding hydrogens is 348 g/mol. The fourth-order valence-corrected chi connectivity index (χ4v) is 3.16. The van der Waals surface area contributed by atoms with E-state index in [4.69, 9.17) is 0 Å². The Labute approximate surface area is 155 Å². The lowest BCUT2D eigenvalue weighted by Crippen LogP contribution is -2.23. The van der Waals surface area contributed by atoms with Crippen LogP contribution in [0.5, 0.6) is 0 Å². The molecule has 0 bridgehead atoms. The van der Waals surface area contributed by atoms with Gasteiger partial charge < -0.3 is 5.32 Å². The summed E-state index contributed by atoms with van der Waals surface area (Å²) >= 11 is 0. The SMILES string of the molecule is CCn1c(=O)n(CC)c2cc(NC(=O)c3ccc(C)c([N+](=O)[O-])c3)ccc21. The summed E-state index contributed by atoms with van der Waals surface area (Å²) in [6.45, 7) is 6.49. The summed E-state index contributed by atoms with van der Waals surface area (Å²) in [4.78, 5) is 35.5. The monoisotopic (exact) mass is 368 g/mol. The fourth-order valence-electron chi connectivity index (χ4n) is 3.16. The van der Waals surface area contributed by atoms with Gasteiger partial charge in [0.25, 0.3) is 11.6 Å². The first-order valence-electron chi connectivity index (χ1n) is 8.66. The number of anilines is 1. The first kappa shape index (κ1) is 18.4. The number of aryl methyl sites for hydroxylation is 3. The summed E-state index contributed by atoms with van der Waals surface area (Å²) in [5.41, 5.74) is 2.55. The maximum Gasteiger partial charge on any atom is 0.329 e. The van der Waals surface area contributed by atoms with E-state index in [-0.39, 0.29) is 16.9 Å². The summed E-state index contributed by atoms with van der Waals surface area (Å²) in [5, 5.41) is 13.8. The van der Waals surface area contributed by atoms with E-state index >= 15 is 0 Å². The van der Waals surface area contributed by atoms with Crippen molar-refractivity contribution in [3.05, 3.63) is 68.1 Å². The largest absolute Gasteiger partial charge is 0.329 e. The fraction of sp³-hybridized carbons (Fsp3) is 0.263. The molecule has 0 saturated carbocycles. The number of amides is 1. The lowest BCUT2D eigenvalue weighted by molar-refractivity contribution is -0.385. The predicted octanol–water partition coefficient (Wildman–Crippen LogP) is 3.31.